The minimum Gasteiger partial charge on any atom is -0.360 e. The van der Waals surface area contributed by atoms with Gasteiger partial charge in [-0.25, -0.2) is 0 Å². The Morgan fingerprint density at radius 3 is 2.61 bits per heavy atom. The van der Waals surface area contributed by atoms with E-state index in [1.807, 2.05) is 6.07 Å². The topological polar surface area (TPSA) is 85.8 Å². The first kappa shape index (κ1) is 14.5. The number of carbonyl (C=O) groups excluding carboxylic acids is 1. The van der Waals surface area contributed by atoms with Crippen molar-refractivity contribution in [3.05, 3.63) is 76.1 Å². The predicted molar refractivity (Wildman–Crippen MR) is 88.3 cm³/mol. The van der Waals surface area contributed by atoms with Crippen molar-refractivity contribution in [2.75, 3.05) is 5.32 Å². The van der Waals surface area contributed by atoms with Crippen LogP contribution < -0.4 is 10.7 Å². The molecule has 1 amide bonds. The first-order valence-electron chi connectivity index (χ1n) is 7.07. The fourth-order valence-electron chi connectivity index (χ4n) is 2.33. The van der Waals surface area contributed by atoms with Gasteiger partial charge in [-0.2, -0.15) is 5.26 Å². The largest absolute Gasteiger partial charge is 0.360 e. The van der Waals surface area contributed by atoms with Crippen LogP contribution in [-0.2, 0) is 6.42 Å². The number of benzene rings is 2. The number of aromatic amines is 1. The van der Waals surface area contributed by atoms with Crippen LogP contribution in [0.3, 0.4) is 0 Å². The van der Waals surface area contributed by atoms with E-state index in [0.717, 1.165) is 5.56 Å². The highest BCUT2D eigenvalue weighted by atomic mass is 16.2. The van der Waals surface area contributed by atoms with Crippen LogP contribution in [-0.4, -0.2) is 10.9 Å². The summed E-state index contributed by atoms with van der Waals surface area (Å²) in [5.41, 5.74) is 1.89. The lowest BCUT2D eigenvalue weighted by Crippen LogP contribution is -2.21. The number of anilines is 1. The highest BCUT2D eigenvalue weighted by Crippen LogP contribution is 2.12. The van der Waals surface area contributed by atoms with Gasteiger partial charge in [0.05, 0.1) is 12.5 Å². The van der Waals surface area contributed by atoms with E-state index in [1.54, 1.807) is 42.5 Å². The quantitative estimate of drug-likeness (QED) is 0.780. The first-order chi connectivity index (χ1) is 11.2. The van der Waals surface area contributed by atoms with Crippen molar-refractivity contribution >= 4 is 22.5 Å². The number of H-pyrrole nitrogens is 1. The molecule has 0 atom stereocenters. The molecule has 112 valence electrons. The zero-order valence-electron chi connectivity index (χ0n) is 12.2. The molecule has 5 heteroatoms. The number of nitrogens with one attached hydrogen (secondary N) is 2. The molecule has 0 aliphatic carbocycles. The monoisotopic (exact) mass is 303 g/mol. The van der Waals surface area contributed by atoms with E-state index in [1.165, 1.54) is 6.20 Å². The Morgan fingerprint density at radius 1 is 1.13 bits per heavy atom. The predicted octanol–water partition coefficient (Wildman–Crippen LogP) is 2.85. The highest BCUT2D eigenvalue weighted by Gasteiger charge is 2.12. The van der Waals surface area contributed by atoms with E-state index in [9.17, 15) is 9.59 Å². The Balaban J connectivity index is 1.87. The molecular weight excluding hydrogens is 290 g/mol. The maximum atomic E-state index is 12.4. The number of para-hydroxylation sites is 1. The number of hydrogen-bond acceptors (Lipinski definition) is 3. The van der Waals surface area contributed by atoms with Gasteiger partial charge in [-0.1, -0.05) is 24.3 Å². The summed E-state index contributed by atoms with van der Waals surface area (Å²) in [5, 5.41) is 11.8. The molecule has 1 aromatic heterocycles. The molecule has 0 bridgehead atoms. The normalized spacial score (nSPS) is 10.2. The fraction of sp³-hybridized carbons (Fsp3) is 0.0556. The molecule has 0 radical (unpaired) electrons. The zero-order valence-corrected chi connectivity index (χ0v) is 12.2. The summed E-state index contributed by atoms with van der Waals surface area (Å²) in [6.07, 6.45) is 1.74. The summed E-state index contributed by atoms with van der Waals surface area (Å²) < 4.78 is 0. The lowest BCUT2D eigenvalue weighted by Gasteiger charge is -2.06. The van der Waals surface area contributed by atoms with Crippen LogP contribution in [0.4, 0.5) is 5.69 Å². The third kappa shape index (κ3) is 2.97. The molecule has 0 spiro atoms. The lowest BCUT2D eigenvalue weighted by molar-refractivity contribution is 0.102. The van der Waals surface area contributed by atoms with E-state index in [2.05, 4.69) is 16.4 Å². The fourth-order valence-corrected chi connectivity index (χ4v) is 2.33. The number of fused-ring (bicyclic) bond motifs is 1. The van der Waals surface area contributed by atoms with Crippen molar-refractivity contribution in [1.82, 2.24) is 4.98 Å². The van der Waals surface area contributed by atoms with Crippen LogP contribution in [0.15, 0.2) is 59.5 Å². The van der Waals surface area contributed by atoms with Gasteiger partial charge in [0, 0.05) is 22.8 Å². The van der Waals surface area contributed by atoms with Crippen molar-refractivity contribution in [3.63, 3.8) is 0 Å². The van der Waals surface area contributed by atoms with Gasteiger partial charge in [0.2, 0.25) is 5.43 Å². The second-order valence-corrected chi connectivity index (χ2v) is 5.06. The number of nitrogens with zero attached hydrogens (tertiary/aromatic N) is 1. The molecule has 2 N–H and O–H groups in total. The van der Waals surface area contributed by atoms with Crippen LogP contribution in [0.5, 0.6) is 0 Å². The summed E-state index contributed by atoms with van der Waals surface area (Å²) in [4.78, 5) is 27.6. The molecule has 5 nitrogen and oxygen atoms in total. The molecule has 3 aromatic rings. The molecule has 0 saturated carbocycles. The van der Waals surface area contributed by atoms with E-state index in [-0.39, 0.29) is 11.0 Å². The van der Waals surface area contributed by atoms with Gasteiger partial charge < -0.3 is 10.3 Å². The molecule has 23 heavy (non-hydrogen) atoms. The number of nitriles is 1. The maximum Gasteiger partial charge on any atom is 0.261 e. The molecule has 0 aliphatic heterocycles. The molecule has 3 rings (SSSR count). The van der Waals surface area contributed by atoms with E-state index >= 15 is 0 Å². The van der Waals surface area contributed by atoms with Gasteiger partial charge in [0.15, 0.2) is 0 Å². The molecule has 0 aliphatic rings. The summed E-state index contributed by atoms with van der Waals surface area (Å²) in [6, 6.07) is 16.1. The number of rotatable bonds is 3. The second kappa shape index (κ2) is 6.16. The molecule has 2 aromatic carbocycles. The third-order valence-corrected chi connectivity index (χ3v) is 3.53. The average molecular weight is 303 g/mol. The van der Waals surface area contributed by atoms with Crippen LogP contribution >= 0.6 is 0 Å². The number of amides is 1. The van der Waals surface area contributed by atoms with Crippen molar-refractivity contribution in [2.45, 2.75) is 6.42 Å². The smallest absolute Gasteiger partial charge is 0.261 e. The number of carbonyl (C=O) groups is 1. The van der Waals surface area contributed by atoms with Gasteiger partial charge >= 0.3 is 0 Å². The van der Waals surface area contributed by atoms with E-state index in [4.69, 9.17) is 5.26 Å². The summed E-state index contributed by atoms with van der Waals surface area (Å²) in [5.74, 6) is -0.468. The SMILES string of the molecule is N#CCc1ccc(NC(=O)c2c[nH]c3ccccc3c2=O)cc1. The van der Waals surface area contributed by atoms with Gasteiger partial charge in [-0.15, -0.1) is 0 Å². The second-order valence-electron chi connectivity index (χ2n) is 5.06. The number of pyridine rings is 1. The molecular formula is C18H13N3O2. The van der Waals surface area contributed by atoms with E-state index in [0.29, 0.717) is 23.0 Å². The standard InChI is InChI=1S/C18H13N3O2/c19-10-9-12-5-7-13(8-6-12)21-18(23)15-11-20-16-4-2-1-3-14(16)17(15)22/h1-8,11H,9H2,(H,20,22)(H,21,23). The minimum absolute atomic E-state index is 0.0600. The van der Waals surface area contributed by atoms with Gasteiger partial charge in [-0.3, -0.25) is 9.59 Å². The van der Waals surface area contributed by atoms with Crippen molar-refractivity contribution in [2.24, 2.45) is 0 Å². The van der Waals surface area contributed by atoms with E-state index < -0.39 is 5.91 Å². The van der Waals surface area contributed by atoms with Crippen molar-refractivity contribution in [1.29, 1.82) is 5.26 Å². The lowest BCUT2D eigenvalue weighted by atomic mass is 10.1. The van der Waals surface area contributed by atoms with Gasteiger partial charge in [0.25, 0.3) is 5.91 Å². The molecule has 1 heterocycles. The number of aromatic nitrogens is 1. The van der Waals surface area contributed by atoms with Gasteiger partial charge in [-0.05, 0) is 29.8 Å². The average Bonchev–Trinajstić information content (AvgIpc) is 2.57. The Morgan fingerprint density at radius 2 is 1.87 bits per heavy atom. The molecule has 0 fully saturated rings. The summed E-state index contributed by atoms with van der Waals surface area (Å²) >= 11 is 0. The highest BCUT2D eigenvalue weighted by molar-refractivity contribution is 6.05. The summed E-state index contributed by atoms with van der Waals surface area (Å²) in [6.45, 7) is 0. The Bertz CT molecular complexity index is 966. The Hall–Kier alpha value is -3.39. The van der Waals surface area contributed by atoms with Crippen LogP contribution in [0.1, 0.15) is 15.9 Å². The number of hydrogen-bond donors (Lipinski definition) is 2. The molecule has 0 saturated heterocycles. The van der Waals surface area contributed by atoms with Crippen LogP contribution in [0.2, 0.25) is 0 Å². The van der Waals surface area contributed by atoms with Crippen LogP contribution in [0.25, 0.3) is 10.9 Å². The van der Waals surface area contributed by atoms with Crippen molar-refractivity contribution < 1.29 is 4.79 Å². The van der Waals surface area contributed by atoms with Crippen molar-refractivity contribution in [3.8, 4) is 6.07 Å². The maximum absolute atomic E-state index is 12.4. The Labute approximate surface area is 132 Å². The molecule has 0 unspecified atom stereocenters. The zero-order chi connectivity index (χ0) is 16.2. The summed E-state index contributed by atoms with van der Waals surface area (Å²) in [7, 11) is 0. The Kier molecular flexibility index (Phi) is 3.89. The first-order valence-corrected chi connectivity index (χ1v) is 7.07. The minimum atomic E-state index is -0.468. The van der Waals surface area contributed by atoms with Crippen LogP contribution in [0, 0.1) is 11.3 Å². The van der Waals surface area contributed by atoms with Gasteiger partial charge in [0.1, 0.15) is 5.56 Å². The third-order valence-electron chi connectivity index (χ3n) is 3.53.